The molecule has 4 nitrogen and oxygen atoms in total. The highest BCUT2D eigenvalue weighted by molar-refractivity contribution is 6.33. The Morgan fingerprint density at radius 3 is 2.41 bits per heavy atom. The van der Waals surface area contributed by atoms with Crippen molar-refractivity contribution in [3.05, 3.63) is 107 Å². The van der Waals surface area contributed by atoms with Crippen LogP contribution in [-0.2, 0) is 6.54 Å². The number of rotatable bonds is 5. The summed E-state index contributed by atoms with van der Waals surface area (Å²) in [6, 6.07) is 23.5. The molecule has 29 heavy (non-hydrogen) atoms. The molecule has 0 radical (unpaired) electrons. The van der Waals surface area contributed by atoms with E-state index in [1.165, 1.54) is 12.1 Å². The Balaban J connectivity index is 1.46. The van der Waals surface area contributed by atoms with Crippen molar-refractivity contribution in [3.8, 4) is 11.1 Å². The smallest absolute Gasteiger partial charge is 0.256 e. The van der Waals surface area contributed by atoms with Gasteiger partial charge in [-0.15, -0.1) is 0 Å². The van der Waals surface area contributed by atoms with E-state index in [0.29, 0.717) is 17.1 Å². The van der Waals surface area contributed by atoms with Crippen LogP contribution in [0.2, 0.25) is 5.02 Å². The molecular weight excluding hydrogens is 389 g/mol. The number of aromatic nitrogens is 2. The van der Waals surface area contributed by atoms with Gasteiger partial charge >= 0.3 is 0 Å². The topological polar surface area (TPSA) is 46.9 Å². The highest BCUT2D eigenvalue weighted by Crippen LogP contribution is 2.22. The second-order valence-corrected chi connectivity index (χ2v) is 6.96. The van der Waals surface area contributed by atoms with E-state index in [2.05, 4.69) is 10.4 Å². The average Bonchev–Trinajstić information content (AvgIpc) is 3.07. The molecule has 0 fully saturated rings. The maximum absolute atomic E-state index is 13.3. The predicted molar refractivity (Wildman–Crippen MR) is 113 cm³/mol. The summed E-state index contributed by atoms with van der Waals surface area (Å²) in [6.45, 7) is 0.346. The Labute approximate surface area is 172 Å². The fourth-order valence-electron chi connectivity index (χ4n) is 3.01. The van der Waals surface area contributed by atoms with Gasteiger partial charge in [-0.05, 0) is 41.0 Å². The SMILES string of the molecule is O=C(Nc1nn(Cc2cccc(F)c2)cc1Cl)c1ccc(-c2ccccc2)cc1. The lowest BCUT2D eigenvalue weighted by molar-refractivity contribution is 0.102. The van der Waals surface area contributed by atoms with Crippen LogP contribution in [0.15, 0.2) is 85.1 Å². The molecule has 4 aromatic rings. The maximum atomic E-state index is 13.3. The highest BCUT2D eigenvalue weighted by Gasteiger charge is 2.13. The molecule has 144 valence electrons. The zero-order valence-corrected chi connectivity index (χ0v) is 16.1. The molecule has 0 aliphatic heterocycles. The largest absolute Gasteiger partial charge is 0.304 e. The lowest BCUT2D eigenvalue weighted by Crippen LogP contribution is -2.13. The van der Waals surface area contributed by atoms with Gasteiger partial charge in [0, 0.05) is 11.8 Å². The van der Waals surface area contributed by atoms with E-state index in [1.54, 1.807) is 35.1 Å². The summed E-state index contributed by atoms with van der Waals surface area (Å²) < 4.78 is 14.9. The third-order valence-electron chi connectivity index (χ3n) is 4.44. The van der Waals surface area contributed by atoms with E-state index < -0.39 is 0 Å². The summed E-state index contributed by atoms with van der Waals surface area (Å²) in [7, 11) is 0. The highest BCUT2D eigenvalue weighted by atomic mass is 35.5. The molecule has 4 rings (SSSR count). The van der Waals surface area contributed by atoms with Crippen molar-refractivity contribution in [1.29, 1.82) is 0 Å². The normalized spacial score (nSPS) is 10.7. The number of nitrogens with one attached hydrogen (secondary N) is 1. The first-order chi connectivity index (χ1) is 14.1. The van der Waals surface area contributed by atoms with Gasteiger partial charge in [0.2, 0.25) is 0 Å². The van der Waals surface area contributed by atoms with E-state index in [1.807, 2.05) is 42.5 Å². The minimum Gasteiger partial charge on any atom is -0.304 e. The Morgan fingerprint density at radius 2 is 1.69 bits per heavy atom. The number of amides is 1. The first-order valence-electron chi connectivity index (χ1n) is 9.03. The third kappa shape index (κ3) is 4.52. The summed E-state index contributed by atoms with van der Waals surface area (Å²) in [4.78, 5) is 12.6. The van der Waals surface area contributed by atoms with Crippen LogP contribution in [0.3, 0.4) is 0 Å². The number of carbonyl (C=O) groups excluding carboxylic acids is 1. The molecule has 1 amide bonds. The monoisotopic (exact) mass is 405 g/mol. The van der Waals surface area contributed by atoms with E-state index in [-0.39, 0.29) is 17.5 Å². The summed E-state index contributed by atoms with van der Waals surface area (Å²) in [5.41, 5.74) is 3.36. The van der Waals surface area contributed by atoms with Crippen LogP contribution in [0.25, 0.3) is 11.1 Å². The van der Waals surface area contributed by atoms with Gasteiger partial charge in [0.25, 0.3) is 5.91 Å². The second kappa shape index (κ2) is 8.29. The van der Waals surface area contributed by atoms with Crippen molar-refractivity contribution in [1.82, 2.24) is 9.78 Å². The van der Waals surface area contributed by atoms with Gasteiger partial charge in [-0.3, -0.25) is 9.48 Å². The van der Waals surface area contributed by atoms with Crippen molar-refractivity contribution in [3.63, 3.8) is 0 Å². The molecule has 0 aliphatic carbocycles. The van der Waals surface area contributed by atoms with Crippen molar-refractivity contribution < 1.29 is 9.18 Å². The molecule has 0 unspecified atom stereocenters. The minimum atomic E-state index is -0.312. The predicted octanol–water partition coefficient (Wildman–Crippen LogP) is 5.64. The molecule has 0 spiro atoms. The van der Waals surface area contributed by atoms with Crippen LogP contribution in [0.4, 0.5) is 10.2 Å². The van der Waals surface area contributed by atoms with Gasteiger partial charge in [-0.2, -0.15) is 5.10 Å². The van der Waals surface area contributed by atoms with Crippen LogP contribution in [-0.4, -0.2) is 15.7 Å². The summed E-state index contributed by atoms with van der Waals surface area (Å²) in [6.07, 6.45) is 1.60. The van der Waals surface area contributed by atoms with Crippen LogP contribution >= 0.6 is 11.6 Å². The molecule has 6 heteroatoms. The quantitative estimate of drug-likeness (QED) is 0.466. The molecule has 0 bridgehead atoms. The molecule has 0 saturated carbocycles. The second-order valence-electron chi connectivity index (χ2n) is 6.55. The fourth-order valence-corrected chi connectivity index (χ4v) is 3.21. The molecule has 1 N–H and O–H groups in total. The van der Waals surface area contributed by atoms with Crippen LogP contribution in [0, 0.1) is 5.82 Å². The third-order valence-corrected chi connectivity index (χ3v) is 4.71. The summed E-state index contributed by atoms with van der Waals surface area (Å²) >= 11 is 6.21. The maximum Gasteiger partial charge on any atom is 0.256 e. The number of hydrogen-bond donors (Lipinski definition) is 1. The van der Waals surface area contributed by atoms with Crippen LogP contribution < -0.4 is 5.32 Å². The Hall–Kier alpha value is -3.44. The number of halogens is 2. The van der Waals surface area contributed by atoms with E-state index in [4.69, 9.17) is 11.6 Å². The lowest BCUT2D eigenvalue weighted by Gasteiger charge is -2.05. The number of benzene rings is 3. The van der Waals surface area contributed by atoms with E-state index >= 15 is 0 Å². The van der Waals surface area contributed by atoms with Crippen molar-refractivity contribution in [2.24, 2.45) is 0 Å². The number of carbonyl (C=O) groups is 1. The van der Waals surface area contributed by atoms with Gasteiger partial charge in [0.05, 0.1) is 6.54 Å². The van der Waals surface area contributed by atoms with E-state index in [0.717, 1.165) is 16.7 Å². The minimum absolute atomic E-state index is 0.264. The average molecular weight is 406 g/mol. The lowest BCUT2D eigenvalue weighted by atomic mass is 10.0. The standard InChI is InChI=1S/C23H17ClFN3O/c24-21-15-28(14-16-5-4-8-20(25)13-16)27-22(21)26-23(29)19-11-9-18(10-12-19)17-6-2-1-3-7-17/h1-13,15H,14H2,(H,26,27,29). The van der Waals surface area contributed by atoms with Crippen LogP contribution in [0.1, 0.15) is 15.9 Å². The van der Waals surface area contributed by atoms with Crippen molar-refractivity contribution >= 4 is 23.3 Å². The molecule has 0 aliphatic rings. The molecule has 1 heterocycles. The summed E-state index contributed by atoms with van der Waals surface area (Å²) in [5.74, 6) is -0.351. The zero-order chi connectivity index (χ0) is 20.2. The van der Waals surface area contributed by atoms with Gasteiger partial charge in [0.1, 0.15) is 10.8 Å². The van der Waals surface area contributed by atoms with Gasteiger partial charge in [-0.25, -0.2) is 4.39 Å². The molecule has 0 saturated heterocycles. The molecular formula is C23H17ClFN3O. The number of nitrogens with zero attached hydrogens (tertiary/aromatic N) is 2. The van der Waals surface area contributed by atoms with Gasteiger partial charge in [0.15, 0.2) is 5.82 Å². The Morgan fingerprint density at radius 1 is 0.966 bits per heavy atom. The molecule has 0 atom stereocenters. The Kier molecular flexibility index (Phi) is 5.40. The van der Waals surface area contributed by atoms with Crippen LogP contribution in [0.5, 0.6) is 0 Å². The first-order valence-corrected chi connectivity index (χ1v) is 9.40. The zero-order valence-electron chi connectivity index (χ0n) is 15.3. The van der Waals surface area contributed by atoms with E-state index in [9.17, 15) is 9.18 Å². The molecule has 1 aromatic heterocycles. The first kappa shape index (κ1) is 18.9. The van der Waals surface area contributed by atoms with Gasteiger partial charge in [-0.1, -0.05) is 66.2 Å². The van der Waals surface area contributed by atoms with Crippen molar-refractivity contribution in [2.45, 2.75) is 6.54 Å². The summed E-state index contributed by atoms with van der Waals surface area (Å²) in [5, 5.41) is 7.34. The fraction of sp³-hybridized carbons (Fsp3) is 0.0435. The van der Waals surface area contributed by atoms with Crippen molar-refractivity contribution in [2.75, 3.05) is 5.32 Å². The number of hydrogen-bond acceptors (Lipinski definition) is 2. The molecule has 3 aromatic carbocycles. The number of anilines is 1. The van der Waals surface area contributed by atoms with Gasteiger partial charge < -0.3 is 5.32 Å². The Bertz CT molecular complexity index is 1140.